The van der Waals surface area contributed by atoms with Crippen LogP contribution in [0.25, 0.3) is 0 Å². The van der Waals surface area contributed by atoms with Crippen molar-refractivity contribution in [3.63, 3.8) is 0 Å². The number of aliphatic carboxylic acids is 2. The summed E-state index contributed by atoms with van der Waals surface area (Å²) in [5.74, 6) is -3.45. The summed E-state index contributed by atoms with van der Waals surface area (Å²) in [5, 5.41) is 50.2. The molecule has 0 spiro atoms. The minimum atomic E-state index is -4.42. The summed E-state index contributed by atoms with van der Waals surface area (Å²) in [7, 11) is 0. The molecule has 0 saturated heterocycles. The first kappa shape index (κ1) is 115. The van der Waals surface area contributed by atoms with Crippen molar-refractivity contribution in [2.45, 2.75) is 236 Å². The Hall–Kier alpha value is -12.4. The van der Waals surface area contributed by atoms with Crippen LogP contribution in [0, 0.1) is 47.5 Å². The normalized spacial score (nSPS) is 12.0. The van der Waals surface area contributed by atoms with Crippen LogP contribution >= 0.6 is 0 Å². The zero-order chi connectivity index (χ0) is 105. The van der Waals surface area contributed by atoms with Gasteiger partial charge in [-0.15, -0.1) is 0 Å². The Morgan fingerprint density at radius 1 is 0.285 bits per heavy atom. The molecule has 12 aromatic rings. The molecule has 0 fully saturated rings. The molecule has 0 saturated carbocycles. The maximum atomic E-state index is 13.6. The summed E-state index contributed by atoms with van der Waals surface area (Å²) in [6.07, 6.45) is -7.47. The number of aryl methyl sites for hydroxylation is 6. The minimum absolute atomic E-state index is 0.00126. The molecule has 0 bridgehead atoms. The second-order valence-electron chi connectivity index (χ2n) is 40.0. The largest absolute Gasteiger partial charge is 0.481 e. The third-order valence-electron chi connectivity index (χ3n) is 24.8. The van der Waals surface area contributed by atoms with Gasteiger partial charge in [-0.25, -0.2) is 9.59 Å². The van der Waals surface area contributed by atoms with Gasteiger partial charge < -0.3 is 41.7 Å². The highest BCUT2D eigenvalue weighted by Gasteiger charge is 2.35. The minimum Gasteiger partial charge on any atom is -0.481 e. The number of aromatic carboxylic acids is 2. The predicted octanol–water partition coefficient (Wildman–Crippen LogP) is 26.4. The van der Waals surface area contributed by atoms with Gasteiger partial charge in [-0.2, -0.15) is 39.5 Å². The zero-order valence-electron chi connectivity index (χ0n) is 85.1. The molecule has 0 aliphatic heterocycles. The zero-order valence-corrected chi connectivity index (χ0v) is 85.1. The third-order valence-corrected chi connectivity index (χ3v) is 24.8. The highest BCUT2D eigenvalue weighted by molar-refractivity contribution is 5.88. The Morgan fingerprint density at radius 3 is 0.993 bits per heavy atom. The molecule has 144 heavy (non-hydrogen) atoms. The molecule has 0 radical (unpaired) electrons. The Kier molecular flexibility index (Phi) is 44.9. The van der Waals surface area contributed by atoms with Crippen LogP contribution in [-0.2, 0) is 130 Å². The second kappa shape index (κ2) is 56.2. The van der Waals surface area contributed by atoms with Crippen molar-refractivity contribution in [1.82, 2.24) is 36.0 Å². The van der Waals surface area contributed by atoms with Gasteiger partial charge >= 0.3 is 42.4 Å². The summed E-state index contributed by atoms with van der Waals surface area (Å²) >= 11 is 0. The quantitative estimate of drug-likeness (QED) is 0.0132. The van der Waals surface area contributed by atoms with Gasteiger partial charge in [0, 0.05) is 85.1 Å². The molecule has 768 valence electrons. The van der Waals surface area contributed by atoms with E-state index in [0.717, 1.165) is 155 Å². The van der Waals surface area contributed by atoms with E-state index in [4.69, 9.17) is 15.3 Å². The summed E-state index contributed by atoms with van der Waals surface area (Å²) in [4.78, 5) is 50.9. The Balaban J connectivity index is 0.000000214. The van der Waals surface area contributed by atoms with E-state index in [1.54, 1.807) is 63.2 Å². The lowest BCUT2D eigenvalue weighted by Gasteiger charge is -2.25. The average molecular weight is 1980 g/mol. The molecule has 12 rings (SSSR count). The van der Waals surface area contributed by atoms with E-state index >= 15 is 0 Å². The number of nitrogens with one attached hydrogen (secondary N) is 4. The van der Waals surface area contributed by atoms with Gasteiger partial charge in [-0.3, -0.25) is 24.3 Å². The highest BCUT2D eigenvalue weighted by Crippen LogP contribution is 2.37. The van der Waals surface area contributed by atoms with E-state index < -0.39 is 59.1 Å². The van der Waals surface area contributed by atoms with Crippen LogP contribution in [-0.4, -0.2) is 105 Å². The van der Waals surface area contributed by atoms with Gasteiger partial charge in [0.1, 0.15) is 0 Å². The van der Waals surface area contributed by atoms with Gasteiger partial charge in [0.05, 0.1) is 40.7 Å². The van der Waals surface area contributed by atoms with Crippen molar-refractivity contribution in [1.29, 1.82) is 0 Å². The molecule has 8 N–H and O–H groups in total. The van der Waals surface area contributed by atoms with Crippen LogP contribution in [0.5, 0.6) is 0 Å². The standard InChI is InChI=1S/C33H40F3NO2.C30H38N2O2.C29H33F3N2O2.C28H31F3N2O2/c1-23-15-28(20-30(16-23)33(34,35)36)19-25(17-24-10-12-29(13-11-24)32(2,3)4)9-6-14-37-22-27-8-5-7-26(18-27)21-31(38)39;1-23-6-8-24(9-7-23)20-31-18-5-19-32(21-25-10-14-27(15-11-25)29(33)34)22-26-12-16-28(17-13-26)30(2,3)4;1-21-7-9-23(10-8-21)18-33-11-4-12-34(19-25-6-3-5-24(15-25)17-28(35)36)20-26-13-22(2)14-27(16-26)29(30,31)32;1-20-4-7-22(8-5-20)17-32-14-3-15-33(18-23-9-11-24(12-10-23)27(34)35)19-25-16-21(2)6-13-26(25)28(29,30)31/h5,7-8,10-13,15-16,18,20,25,37H,6,9,14,17,19,21-22H2,1-4H3,(H,38,39);6-17,31H,5,18-22H2,1-4H3,(H,33,34);3,5-10,13-16,33H,4,11-12,17-20H2,1-2H3,(H,35,36);4-13,16,32H,3,14-15,17-19H2,1-2H3,(H,34,35). The van der Waals surface area contributed by atoms with E-state index in [0.29, 0.717) is 73.5 Å². The Morgan fingerprint density at radius 2 is 0.604 bits per heavy atom. The van der Waals surface area contributed by atoms with Crippen LogP contribution in [0.4, 0.5) is 39.5 Å². The summed E-state index contributed by atoms with van der Waals surface area (Å²) in [5.41, 5.74) is 20.3. The Labute approximate surface area is 844 Å². The first-order valence-corrected chi connectivity index (χ1v) is 49.3. The summed E-state index contributed by atoms with van der Waals surface area (Å²) in [6, 6.07) is 84.2. The number of nitrogens with zero attached hydrogens (tertiary/aromatic N) is 3. The number of carbonyl (C=O) groups is 4. The van der Waals surface area contributed by atoms with E-state index in [-0.39, 0.29) is 47.3 Å². The molecule has 12 aromatic carbocycles. The van der Waals surface area contributed by atoms with Crippen LogP contribution in [0.2, 0.25) is 0 Å². The van der Waals surface area contributed by atoms with Gasteiger partial charge in [-0.05, 0) is 273 Å². The molecule has 0 amide bonds. The molecular weight excluding hydrogens is 1840 g/mol. The smallest absolute Gasteiger partial charge is 0.416 e. The lowest BCUT2D eigenvalue weighted by molar-refractivity contribution is -0.139. The van der Waals surface area contributed by atoms with Crippen molar-refractivity contribution in [3.8, 4) is 0 Å². The number of hydrogen-bond acceptors (Lipinski definition) is 11. The second-order valence-corrected chi connectivity index (χ2v) is 40.0. The molecule has 15 nitrogen and oxygen atoms in total. The number of halogens is 9. The lowest BCUT2D eigenvalue weighted by Crippen LogP contribution is -2.28. The van der Waals surface area contributed by atoms with Crippen LogP contribution < -0.4 is 21.3 Å². The fraction of sp³-hybridized carbons (Fsp3) is 0.367. The third kappa shape index (κ3) is 42.5. The number of carboxylic acid groups (broad SMARTS) is 4. The van der Waals surface area contributed by atoms with Crippen molar-refractivity contribution < 1.29 is 79.1 Å². The van der Waals surface area contributed by atoms with Gasteiger partial charge in [0.2, 0.25) is 0 Å². The van der Waals surface area contributed by atoms with E-state index in [9.17, 15) is 63.8 Å². The van der Waals surface area contributed by atoms with Gasteiger partial charge in [0.25, 0.3) is 0 Å². The highest BCUT2D eigenvalue weighted by atomic mass is 19.4. The van der Waals surface area contributed by atoms with Crippen molar-refractivity contribution >= 4 is 23.9 Å². The van der Waals surface area contributed by atoms with Crippen LogP contribution in [0.1, 0.15) is 233 Å². The van der Waals surface area contributed by atoms with Gasteiger partial charge in [0.15, 0.2) is 0 Å². The molecule has 1 atom stereocenters. The van der Waals surface area contributed by atoms with Crippen LogP contribution in [0.3, 0.4) is 0 Å². The van der Waals surface area contributed by atoms with Crippen LogP contribution in [0.15, 0.2) is 273 Å². The number of rotatable bonds is 46. The summed E-state index contributed by atoms with van der Waals surface area (Å²) < 4.78 is 121. The Bertz CT molecular complexity index is 5980. The van der Waals surface area contributed by atoms with E-state index in [2.05, 4.69) is 208 Å². The summed E-state index contributed by atoms with van der Waals surface area (Å²) in [6.45, 7) is 36.2. The number of alkyl halides is 9. The lowest BCUT2D eigenvalue weighted by atomic mass is 9.84. The van der Waals surface area contributed by atoms with E-state index in [1.165, 1.54) is 92.0 Å². The SMILES string of the molecule is Cc1cc(CC(CCCNCc2cccc(CC(=O)O)c2)Cc2ccc(C(C)(C)C)cc2)cc(C(F)(F)F)c1.Cc1ccc(CNCCCN(Cc2ccc(C(=O)O)cc2)Cc2cc(C)ccc2C(F)(F)F)cc1.Cc1ccc(CNCCCN(Cc2ccc(C(=O)O)cc2)Cc2ccc(C(C)(C)C)cc2)cc1.Cc1ccc(CNCCCN(Cc2cccc(CC(=O)O)c2)Cc2cc(C)cc(C(F)(F)F)c2)cc1. The molecule has 0 aliphatic rings. The molecule has 24 heteroatoms. The first-order valence-electron chi connectivity index (χ1n) is 49.3. The fourth-order valence-electron chi connectivity index (χ4n) is 17.1. The number of benzene rings is 12. The topological polar surface area (TPSA) is 207 Å². The van der Waals surface area contributed by atoms with Crippen molar-refractivity contribution in [3.05, 3.63) is 423 Å². The van der Waals surface area contributed by atoms with Gasteiger partial charge in [-0.1, -0.05) is 293 Å². The van der Waals surface area contributed by atoms with E-state index in [1.807, 2.05) is 72.5 Å². The van der Waals surface area contributed by atoms with Crippen molar-refractivity contribution in [2.75, 3.05) is 45.8 Å². The maximum absolute atomic E-state index is 13.6. The maximum Gasteiger partial charge on any atom is 0.416 e. The monoisotopic (exact) mass is 1980 g/mol. The molecule has 0 aliphatic carbocycles. The van der Waals surface area contributed by atoms with Crippen molar-refractivity contribution in [2.24, 2.45) is 5.92 Å². The molecular formula is C120H142F9N7O8. The molecule has 0 heterocycles. The predicted molar refractivity (Wildman–Crippen MR) is 558 cm³/mol. The first-order chi connectivity index (χ1) is 68.2. The number of hydrogen-bond donors (Lipinski definition) is 8. The molecule has 0 aromatic heterocycles. The molecule has 1 unspecified atom stereocenters. The number of carboxylic acids is 4. The average Bonchev–Trinajstić information content (AvgIpc) is 0.816. The fourth-order valence-corrected chi connectivity index (χ4v) is 17.1.